The summed E-state index contributed by atoms with van der Waals surface area (Å²) < 4.78 is 0. The molecule has 0 saturated carbocycles. The minimum atomic E-state index is -0.613. The first-order valence-corrected chi connectivity index (χ1v) is 5.31. The lowest BCUT2D eigenvalue weighted by molar-refractivity contribution is -0.141. The molecule has 0 bridgehead atoms. The smallest absolute Gasteiger partial charge is 0.235 e. The van der Waals surface area contributed by atoms with E-state index in [-0.39, 0.29) is 24.8 Å². The van der Waals surface area contributed by atoms with E-state index in [2.05, 4.69) is 9.97 Å². The van der Waals surface area contributed by atoms with Crippen LogP contribution in [0.25, 0.3) is 0 Å². The first-order valence-electron chi connectivity index (χ1n) is 5.31. The summed E-state index contributed by atoms with van der Waals surface area (Å²) in [7, 11) is 0. The van der Waals surface area contributed by atoms with Crippen molar-refractivity contribution in [3.05, 3.63) is 18.1 Å². The van der Waals surface area contributed by atoms with Gasteiger partial charge in [0.05, 0.1) is 30.0 Å². The van der Waals surface area contributed by atoms with E-state index in [1.165, 1.54) is 17.3 Å². The van der Waals surface area contributed by atoms with Crippen molar-refractivity contribution in [1.82, 2.24) is 14.9 Å². The minimum absolute atomic E-state index is 0.161. The van der Waals surface area contributed by atoms with E-state index in [9.17, 15) is 9.59 Å². The molecular formula is C11H14N4O2. The van der Waals surface area contributed by atoms with Crippen LogP contribution in [0.1, 0.15) is 26.0 Å². The lowest BCUT2D eigenvalue weighted by atomic mass is 9.92. The summed E-state index contributed by atoms with van der Waals surface area (Å²) in [5.74, 6) is -0.0205. The molecule has 0 spiro atoms. The van der Waals surface area contributed by atoms with Gasteiger partial charge in [0.15, 0.2) is 0 Å². The van der Waals surface area contributed by atoms with Gasteiger partial charge in [-0.3, -0.25) is 19.5 Å². The zero-order valence-electron chi connectivity index (χ0n) is 9.80. The van der Waals surface area contributed by atoms with Crippen molar-refractivity contribution >= 4 is 17.6 Å². The number of anilines is 1. The highest BCUT2D eigenvalue weighted by atomic mass is 16.2. The van der Waals surface area contributed by atoms with Crippen LogP contribution in [-0.4, -0.2) is 26.7 Å². The lowest BCUT2D eigenvalue weighted by Crippen LogP contribution is -2.32. The summed E-state index contributed by atoms with van der Waals surface area (Å²) in [6, 6.07) is 0. The molecule has 1 aliphatic rings. The number of carbonyl (C=O) groups excluding carboxylic acids is 2. The van der Waals surface area contributed by atoms with Crippen LogP contribution < -0.4 is 5.73 Å². The highest BCUT2D eigenvalue weighted by molar-refractivity contribution is 6.05. The normalized spacial score (nSPS) is 18.8. The zero-order valence-corrected chi connectivity index (χ0v) is 9.80. The molecule has 90 valence electrons. The number of nitrogens with zero attached hydrogens (tertiary/aromatic N) is 3. The Morgan fingerprint density at radius 1 is 1.35 bits per heavy atom. The van der Waals surface area contributed by atoms with Crippen molar-refractivity contribution in [1.29, 1.82) is 0 Å². The highest BCUT2D eigenvalue weighted by Gasteiger charge is 2.44. The molecule has 2 N–H and O–H groups in total. The number of aromatic nitrogens is 2. The monoisotopic (exact) mass is 234 g/mol. The Kier molecular flexibility index (Phi) is 2.57. The van der Waals surface area contributed by atoms with E-state index >= 15 is 0 Å². The molecule has 2 rings (SSSR count). The molecule has 17 heavy (non-hydrogen) atoms. The van der Waals surface area contributed by atoms with Crippen LogP contribution in [-0.2, 0) is 16.1 Å². The number of rotatable bonds is 2. The SMILES string of the molecule is CC1(C)CC(=O)N(Cc2cnc(N)cn2)C1=O. The van der Waals surface area contributed by atoms with E-state index in [0.29, 0.717) is 11.5 Å². The molecule has 0 unspecified atom stereocenters. The highest BCUT2D eigenvalue weighted by Crippen LogP contribution is 2.32. The molecule has 0 radical (unpaired) electrons. The van der Waals surface area contributed by atoms with Crippen LogP contribution in [0.2, 0.25) is 0 Å². The van der Waals surface area contributed by atoms with Gasteiger partial charge in [0.2, 0.25) is 11.8 Å². The average molecular weight is 234 g/mol. The third-order valence-electron chi connectivity index (χ3n) is 2.76. The Labute approximate surface area is 98.8 Å². The fraction of sp³-hybridized carbons (Fsp3) is 0.455. The van der Waals surface area contributed by atoms with Crippen molar-refractivity contribution in [3.63, 3.8) is 0 Å². The minimum Gasteiger partial charge on any atom is -0.382 e. The zero-order chi connectivity index (χ0) is 12.6. The predicted octanol–water partition coefficient (Wildman–Crippen LogP) is 0.344. The van der Waals surface area contributed by atoms with Gasteiger partial charge < -0.3 is 5.73 Å². The van der Waals surface area contributed by atoms with Crippen molar-refractivity contribution in [2.24, 2.45) is 5.41 Å². The van der Waals surface area contributed by atoms with Gasteiger partial charge in [-0.1, -0.05) is 13.8 Å². The molecule has 1 aliphatic heterocycles. The number of imide groups is 1. The maximum atomic E-state index is 11.9. The van der Waals surface area contributed by atoms with Gasteiger partial charge >= 0.3 is 0 Å². The van der Waals surface area contributed by atoms with Crippen LogP contribution in [0.5, 0.6) is 0 Å². The number of hydrogen-bond acceptors (Lipinski definition) is 5. The molecule has 2 heterocycles. The molecule has 0 aliphatic carbocycles. The van der Waals surface area contributed by atoms with E-state index in [0.717, 1.165) is 0 Å². The van der Waals surface area contributed by atoms with Crippen LogP contribution in [0.15, 0.2) is 12.4 Å². The maximum Gasteiger partial charge on any atom is 0.235 e. The molecule has 6 nitrogen and oxygen atoms in total. The van der Waals surface area contributed by atoms with Gasteiger partial charge in [-0.15, -0.1) is 0 Å². The van der Waals surface area contributed by atoms with E-state index in [4.69, 9.17) is 5.73 Å². The second kappa shape index (κ2) is 3.80. The van der Waals surface area contributed by atoms with Gasteiger partial charge in [0.1, 0.15) is 5.82 Å². The summed E-state index contributed by atoms with van der Waals surface area (Å²) in [6.45, 7) is 3.69. The van der Waals surface area contributed by atoms with Crippen molar-refractivity contribution < 1.29 is 9.59 Å². The number of amides is 2. The molecule has 1 aromatic heterocycles. The van der Waals surface area contributed by atoms with Crippen molar-refractivity contribution in [2.45, 2.75) is 26.8 Å². The molecule has 6 heteroatoms. The third kappa shape index (κ3) is 2.11. The van der Waals surface area contributed by atoms with Gasteiger partial charge in [-0.25, -0.2) is 4.98 Å². The Hall–Kier alpha value is -1.98. The largest absolute Gasteiger partial charge is 0.382 e. The van der Waals surface area contributed by atoms with Gasteiger partial charge in [-0.05, 0) is 0 Å². The summed E-state index contributed by atoms with van der Waals surface area (Å²) in [4.78, 5) is 32.8. The van der Waals surface area contributed by atoms with Crippen LogP contribution in [0.3, 0.4) is 0 Å². The van der Waals surface area contributed by atoms with Crippen LogP contribution in [0.4, 0.5) is 5.82 Å². The van der Waals surface area contributed by atoms with Crippen molar-refractivity contribution in [3.8, 4) is 0 Å². The Bertz CT molecular complexity index is 467. The summed E-state index contributed by atoms with van der Waals surface area (Å²) in [5.41, 5.74) is 5.35. The fourth-order valence-corrected chi connectivity index (χ4v) is 1.80. The topological polar surface area (TPSA) is 89.2 Å². The molecule has 2 amide bonds. The Morgan fingerprint density at radius 3 is 2.53 bits per heavy atom. The number of carbonyl (C=O) groups is 2. The van der Waals surface area contributed by atoms with Crippen LogP contribution in [0, 0.1) is 5.41 Å². The molecule has 0 atom stereocenters. The number of nitrogen functional groups attached to an aromatic ring is 1. The summed E-state index contributed by atoms with van der Waals surface area (Å²) >= 11 is 0. The average Bonchev–Trinajstić information content (AvgIpc) is 2.44. The molecule has 1 aromatic rings. The second-order valence-electron chi connectivity index (χ2n) is 4.78. The fourth-order valence-electron chi connectivity index (χ4n) is 1.80. The van der Waals surface area contributed by atoms with E-state index in [1.54, 1.807) is 13.8 Å². The van der Waals surface area contributed by atoms with E-state index in [1.807, 2.05) is 0 Å². The third-order valence-corrected chi connectivity index (χ3v) is 2.76. The quantitative estimate of drug-likeness (QED) is 0.745. The van der Waals surface area contributed by atoms with Gasteiger partial charge in [0.25, 0.3) is 0 Å². The maximum absolute atomic E-state index is 11.9. The Morgan fingerprint density at radius 2 is 2.06 bits per heavy atom. The standard InChI is InChI=1S/C11H14N4O2/c1-11(2)3-9(16)15(10(11)17)6-7-4-14-8(12)5-13-7/h4-5H,3,6H2,1-2H3,(H2,12,14). The predicted molar refractivity (Wildman–Crippen MR) is 60.4 cm³/mol. The first kappa shape index (κ1) is 11.5. The molecular weight excluding hydrogens is 220 g/mol. The summed E-state index contributed by atoms with van der Waals surface area (Å²) in [6.07, 6.45) is 3.13. The number of likely N-dealkylation sites (tertiary alicyclic amines) is 1. The van der Waals surface area contributed by atoms with Gasteiger partial charge in [-0.2, -0.15) is 0 Å². The Balaban J connectivity index is 2.17. The first-order chi connectivity index (χ1) is 7.90. The number of nitrogens with two attached hydrogens (primary N) is 1. The molecule has 1 fully saturated rings. The van der Waals surface area contributed by atoms with E-state index < -0.39 is 5.41 Å². The van der Waals surface area contributed by atoms with Crippen molar-refractivity contribution in [2.75, 3.05) is 5.73 Å². The lowest BCUT2D eigenvalue weighted by Gasteiger charge is -2.17. The van der Waals surface area contributed by atoms with Crippen LogP contribution >= 0.6 is 0 Å². The van der Waals surface area contributed by atoms with Gasteiger partial charge in [0, 0.05) is 6.42 Å². The summed E-state index contributed by atoms with van der Waals surface area (Å²) in [5, 5.41) is 0. The molecule has 0 aromatic carbocycles. The second-order valence-corrected chi connectivity index (χ2v) is 4.78. The number of hydrogen-bond donors (Lipinski definition) is 1. The molecule has 1 saturated heterocycles.